The van der Waals surface area contributed by atoms with Gasteiger partial charge in [-0.1, -0.05) is 30.0 Å². The standard InChI is InChI=1S/C22H21N5O3S/c1-13-8-9-15(10-14(13)2)23-20(29)12-31-22-25-21(16-6-4-5-7-17(16)30-3)24-18-11-19(28)26-27(18)22/h4-11H,12H2,1-3H3,(H,23,29)(H,26,28). The number of aromatic amines is 1. The first kappa shape index (κ1) is 20.7. The Morgan fingerprint density at radius 3 is 2.71 bits per heavy atom. The monoisotopic (exact) mass is 435 g/mol. The highest BCUT2D eigenvalue weighted by atomic mass is 32.2. The molecule has 0 saturated carbocycles. The number of fused-ring (bicyclic) bond motifs is 1. The lowest BCUT2D eigenvalue weighted by Gasteiger charge is -2.10. The lowest BCUT2D eigenvalue weighted by Crippen LogP contribution is -2.15. The first-order valence-corrected chi connectivity index (χ1v) is 10.6. The van der Waals surface area contributed by atoms with Crippen LogP contribution >= 0.6 is 11.8 Å². The summed E-state index contributed by atoms with van der Waals surface area (Å²) in [5.41, 5.74) is 3.82. The molecular formula is C22H21N5O3S. The number of nitrogens with one attached hydrogen (secondary N) is 2. The number of benzene rings is 2. The van der Waals surface area contributed by atoms with Gasteiger partial charge in [0.2, 0.25) is 5.91 Å². The van der Waals surface area contributed by atoms with Crippen LogP contribution in [0.5, 0.6) is 5.75 Å². The predicted octanol–water partition coefficient (Wildman–Crippen LogP) is 3.44. The van der Waals surface area contributed by atoms with E-state index < -0.39 is 0 Å². The Labute approximate surface area is 182 Å². The van der Waals surface area contributed by atoms with Crippen molar-refractivity contribution in [3.05, 3.63) is 70.0 Å². The molecule has 2 N–H and O–H groups in total. The van der Waals surface area contributed by atoms with Crippen molar-refractivity contribution in [2.75, 3.05) is 18.2 Å². The van der Waals surface area contributed by atoms with Gasteiger partial charge in [0.25, 0.3) is 5.56 Å². The number of aromatic nitrogens is 4. The van der Waals surface area contributed by atoms with E-state index in [2.05, 4.69) is 20.4 Å². The average molecular weight is 436 g/mol. The Balaban J connectivity index is 1.61. The SMILES string of the molecule is COc1ccccc1-c1nc(SCC(=O)Nc2ccc(C)c(C)c2)n2[nH]c(=O)cc2n1. The van der Waals surface area contributed by atoms with E-state index in [1.807, 2.05) is 56.3 Å². The Morgan fingerprint density at radius 1 is 1.13 bits per heavy atom. The number of nitrogens with zero attached hydrogens (tertiary/aromatic N) is 3. The van der Waals surface area contributed by atoms with Crippen molar-refractivity contribution in [3.8, 4) is 17.1 Å². The minimum atomic E-state index is -0.298. The fourth-order valence-corrected chi connectivity index (χ4v) is 3.83. The number of ether oxygens (including phenoxy) is 1. The topological polar surface area (TPSA) is 101 Å². The van der Waals surface area contributed by atoms with Crippen LogP contribution in [0.2, 0.25) is 0 Å². The number of para-hydroxylation sites is 1. The van der Waals surface area contributed by atoms with Crippen molar-refractivity contribution in [3.63, 3.8) is 0 Å². The molecule has 0 bridgehead atoms. The average Bonchev–Trinajstić information content (AvgIpc) is 3.14. The molecule has 2 heterocycles. The van der Waals surface area contributed by atoms with Crippen LogP contribution in [0.15, 0.2) is 58.5 Å². The van der Waals surface area contributed by atoms with E-state index in [-0.39, 0.29) is 17.2 Å². The van der Waals surface area contributed by atoms with Gasteiger partial charge in [-0.3, -0.25) is 14.7 Å². The third-order valence-electron chi connectivity index (χ3n) is 4.80. The van der Waals surface area contributed by atoms with Crippen LogP contribution in [-0.2, 0) is 4.79 Å². The molecule has 0 fully saturated rings. The maximum Gasteiger partial charge on any atom is 0.266 e. The zero-order chi connectivity index (χ0) is 22.0. The second kappa shape index (κ2) is 8.65. The van der Waals surface area contributed by atoms with E-state index >= 15 is 0 Å². The highest BCUT2D eigenvalue weighted by Crippen LogP contribution is 2.29. The third kappa shape index (κ3) is 4.46. The van der Waals surface area contributed by atoms with Crippen LogP contribution in [-0.4, -0.2) is 38.4 Å². The molecule has 31 heavy (non-hydrogen) atoms. The van der Waals surface area contributed by atoms with E-state index in [0.29, 0.717) is 27.9 Å². The van der Waals surface area contributed by atoms with Crippen LogP contribution in [0, 0.1) is 13.8 Å². The number of H-pyrrole nitrogens is 1. The molecule has 2 aromatic carbocycles. The summed E-state index contributed by atoms with van der Waals surface area (Å²) in [7, 11) is 1.57. The van der Waals surface area contributed by atoms with E-state index in [1.165, 1.54) is 22.3 Å². The number of amides is 1. The highest BCUT2D eigenvalue weighted by molar-refractivity contribution is 7.99. The van der Waals surface area contributed by atoms with Crippen molar-refractivity contribution in [1.82, 2.24) is 19.6 Å². The Bertz CT molecular complexity index is 1330. The number of rotatable bonds is 6. The number of thioether (sulfide) groups is 1. The number of methoxy groups -OCH3 is 1. The molecule has 2 aromatic heterocycles. The zero-order valence-electron chi connectivity index (χ0n) is 17.3. The molecule has 0 unspecified atom stereocenters. The summed E-state index contributed by atoms with van der Waals surface area (Å²) in [6.45, 7) is 4.02. The summed E-state index contributed by atoms with van der Waals surface area (Å²) in [4.78, 5) is 33.5. The molecule has 4 rings (SSSR count). The smallest absolute Gasteiger partial charge is 0.266 e. The molecule has 0 atom stereocenters. The summed E-state index contributed by atoms with van der Waals surface area (Å²) >= 11 is 1.21. The molecule has 158 valence electrons. The van der Waals surface area contributed by atoms with Crippen molar-refractivity contribution < 1.29 is 9.53 Å². The van der Waals surface area contributed by atoms with Gasteiger partial charge in [-0.25, -0.2) is 14.5 Å². The van der Waals surface area contributed by atoms with E-state index in [4.69, 9.17) is 4.74 Å². The molecule has 0 aliphatic heterocycles. The van der Waals surface area contributed by atoms with Gasteiger partial charge in [0, 0.05) is 11.8 Å². The van der Waals surface area contributed by atoms with Gasteiger partial charge in [0.1, 0.15) is 5.75 Å². The van der Waals surface area contributed by atoms with Crippen molar-refractivity contribution in [2.45, 2.75) is 19.0 Å². The minimum Gasteiger partial charge on any atom is -0.496 e. The van der Waals surface area contributed by atoms with Crippen LogP contribution in [0.1, 0.15) is 11.1 Å². The summed E-state index contributed by atoms with van der Waals surface area (Å²) in [5.74, 6) is 0.972. The Hall–Kier alpha value is -3.59. The molecule has 0 radical (unpaired) electrons. The van der Waals surface area contributed by atoms with Gasteiger partial charge in [-0.05, 0) is 49.2 Å². The summed E-state index contributed by atoms with van der Waals surface area (Å²) in [6, 6.07) is 14.5. The van der Waals surface area contributed by atoms with Gasteiger partial charge in [-0.2, -0.15) is 0 Å². The predicted molar refractivity (Wildman–Crippen MR) is 121 cm³/mol. The first-order chi connectivity index (χ1) is 14.9. The maximum absolute atomic E-state index is 12.5. The van der Waals surface area contributed by atoms with Gasteiger partial charge in [0.15, 0.2) is 16.6 Å². The summed E-state index contributed by atoms with van der Waals surface area (Å²) in [6.07, 6.45) is 0. The number of hydrogen-bond donors (Lipinski definition) is 2. The normalized spacial score (nSPS) is 10.9. The fraction of sp³-hybridized carbons (Fsp3) is 0.182. The van der Waals surface area contributed by atoms with Crippen molar-refractivity contribution in [1.29, 1.82) is 0 Å². The van der Waals surface area contributed by atoms with E-state index in [9.17, 15) is 9.59 Å². The highest BCUT2D eigenvalue weighted by Gasteiger charge is 2.15. The lowest BCUT2D eigenvalue weighted by atomic mass is 10.1. The molecule has 0 saturated heterocycles. The zero-order valence-corrected chi connectivity index (χ0v) is 18.1. The van der Waals surface area contributed by atoms with Crippen molar-refractivity contribution >= 4 is 29.0 Å². The fourth-order valence-electron chi connectivity index (χ4n) is 3.08. The molecule has 0 aliphatic carbocycles. The number of aryl methyl sites for hydroxylation is 2. The third-order valence-corrected chi connectivity index (χ3v) is 5.73. The van der Waals surface area contributed by atoms with Crippen LogP contribution in [0.4, 0.5) is 5.69 Å². The number of anilines is 1. The molecule has 0 aliphatic rings. The second-order valence-electron chi connectivity index (χ2n) is 6.98. The summed E-state index contributed by atoms with van der Waals surface area (Å²) < 4.78 is 6.89. The molecule has 9 heteroatoms. The maximum atomic E-state index is 12.5. The van der Waals surface area contributed by atoms with Crippen LogP contribution in [0.25, 0.3) is 17.0 Å². The van der Waals surface area contributed by atoms with E-state index in [0.717, 1.165) is 16.8 Å². The van der Waals surface area contributed by atoms with Gasteiger partial charge < -0.3 is 10.1 Å². The quantitative estimate of drug-likeness (QED) is 0.450. The first-order valence-electron chi connectivity index (χ1n) is 9.57. The second-order valence-corrected chi connectivity index (χ2v) is 7.92. The number of carbonyl (C=O) groups excluding carboxylic acids is 1. The van der Waals surface area contributed by atoms with Crippen LogP contribution < -0.4 is 15.6 Å². The van der Waals surface area contributed by atoms with Crippen molar-refractivity contribution in [2.24, 2.45) is 0 Å². The van der Waals surface area contributed by atoms with Gasteiger partial charge >= 0.3 is 0 Å². The largest absolute Gasteiger partial charge is 0.496 e. The van der Waals surface area contributed by atoms with E-state index in [1.54, 1.807) is 7.11 Å². The lowest BCUT2D eigenvalue weighted by molar-refractivity contribution is -0.113. The molecule has 8 nitrogen and oxygen atoms in total. The molecule has 1 amide bonds. The Kier molecular flexibility index (Phi) is 5.77. The van der Waals surface area contributed by atoms with Gasteiger partial charge in [0.05, 0.1) is 18.4 Å². The Morgan fingerprint density at radius 2 is 1.94 bits per heavy atom. The molecule has 4 aromatic rings. The molecular weight excluding hydrogens is 414 g/mol. The van der Waals surface area contributed by atoms with Crippen LogP contribution in [0.3, 0.4) is 0 Å². The van der Waals surface area contributed by atoms with Gasteiger partial charge in [-0.15, -0.1) is 0 Å². The molecule has 0 spiro atoms. The number of hydrogen-bond acceptors (Lipinski definition) is 6. The number of carbonyl (C=O) groups is 1. The summed E-state index contributed by atoms with van der Waals surface area (Å²) in [5, 5.41) is 6.01. The minimum absolute atomic E-state index is 0.116.